The lowest BCUT2D eigenvalue weighted by Crippen LogP contribution is -2.37. The van der Waals surface area contributed by atoms with Crippen LogP contribution < -0.4 is 10.2 Å². The SMILES string of the molecule is CCOC(=S)SC(CCC(=O)C1CC1)CN(C(C)=O)c1nc(F)c(F)c(Nc2ccc(I)cc2)c1F. The number of rotatable bonds is 11. The molecule has 2 aromatic rings. The predicted molar refractivity (Wildman–Crippen MR) is 147 cm³/mol. The second-order valence-corrected chi connectivity index (χ2v) is 11.3. The first-order valence-electron chi connectivity index (χ1n) is 11.3. The lowest BCUT2D eigenvalue weighted by Gasteiger charge is -2.27. The standard InChI is InChI=1S/C24H25F3IN3O3S2/c1-3-34-24(35)36-17(10-11-18(33)14-4-5-14)12-31(13(2)32)23-20(26)21(19(25)22(27)30-23)29-16-8-6-15(28)7-9-16/h6-9,14,17H,3-5,10-12H2,1-2H3,(H,29,30). The number of hydrogen-bond donors (Lipinski definition) is 1. The highest BCUT2D eigenvalue weighted by Gasteiger charge is 2.32. The number of thiocarbonyl (C=S) groups is 1. The van der Waals surface area contributed by atoms with Gasteiger partial charge in [0.25, 0.3) is 5.95 Å². The zero-order valence-corrected chi connectivity index (χ0v) is 23.4. The van der Waals surface area contributed by atoms with Gasteiger partial charge in [-0.05, 0) is 85.3 Å². The van der Waals surface area contributed by atoms with Gasteiger partial charge in [0.2, 0.25) is 16.1 Å². The minimum atomic E-state index is -1.55. The van der Waals surface area contributed by atoms with Crippen molar-refractivity contribution in [2.75, 3.05) is 23.4 Å². The van der Waals surface area contributed by atoms with Crippen LogP contribution in [0.3, 0.4) is 0 Å². The highest BCUT2D eigenvalue weighted by molar-refractivity contribution is 14.1. The summed E-state index contributed by atoms with van der Waals surface area (Å²) in [6, 6.07) is 6.59. The third-order valence-corrected chi connectivity index (χ3v) is 7.58. The monoisotopic (exact) mass is 651 g/mol. The third kappa shape index (κ3) is 7.78. The molecule has 0 radical (unpaired) electrons. The van der Waals surface area contributed by atoms with Crippen molar-refractivity contribution in [3.05, 3.63) is 45.4 Å². The zero-order valence-electron chi connectivity index (χ0n) is 19.7. The van der Waals surface area contributed by atoms with E-state index in [4.69, 9.17) is 17.0 Å². The lowest BCUT2D eigenvalue weighted by atomic mass is 10.1. The maximum absolute atomic E-state index is 15.5. The van der Waals surface area contributed by atoms with Gasteiger partial charge in [-0.25, -0.2) is 4.39 Å². The fraction of sp³-hybridized carbons (Fsp3) is 0.417. The van der Waals surface area contributed by atoms with E-state index in [0.29, 0.717) is 18.7 Å². The molecule has 1 atom stereocenters. The van der Waals surface area contributed by atoms with Crippen molar-refractivity contribution in [2.45, 2.75) is 44.8 Å². The van der Waals surface area contributed by atoms with E-state index >= 15 is 4.39 Å². The number of carbonyl (C=O) groups excluding carboxylic acids is 2. The van der Waals surface area contributed by atoms with E-state index in [2.05, 4.69) is 32.9 Å². The van der Waals surface area contributed by atoms with E-state index in [-0.39, 0.29) is 29.0 Å². The minimum Gasteiger partial charge on any atom is -0.479 e. The summed E-state index contributed by atoms with van der Waals surface area (Å²) >= 11 is 8.43. The number of pyridine rings is 1. The largest absolute Gasteiger partial charge is 0.479 e. The number of nitrogens with one attached hydrogen (secondary N) is 1. The number of amides is 1. The molecule has 1 aliphatic rings. The quantitative estimate of drug-likeness (QED) is 0.172. The highest BCUT2D eigenvalue weighted by Crippen LogP contribution is 2.34. The molecule has 1 aromatic heterocycles. The Balaban J connectivity index is 1.90. The number of nitrogens with zero attached hydrogens (tertiary/aromatic N) is 2. The summed E-state index contributed by atoms with van der Waals surface area (Å²) < 4.78 is 51.0. The van der Waals surface area contributed by atoms with Gasteiger partial charge < -0.3 is 10.1 Å². The molecule has 0 bridgehead atoms. The number of ketones is 1. The number of aromatic nitrogens is 1. The summed E-state index contributed by atoms with van der Waals surface area (Å²) in [5, 5.41) is 2.08. The summed E-state index contributed by atoms with van der Waals surface area (Å²) in [6.45, 7) is 3.14. The van der Waals surface area contributed by atoms with Gasteiger partial charge in [0.15, 0.2) is 11.6 Å². The third-order valence-electron chi connectivity index (χ3n) is 5.43. The van der Waals surface area contributed by atoms with Crippen LogP contribution in [0.5, 0.6) is 0 Å². The van der Waals surface area contributed by atoms with E-state index in [1.54, 1.807) is 31.2 Å². The Labute approximate surface area is 230 Å². The topological polar surface area (TPSA) is 71.5 Å². The molecule has 12 heteroatoms. The number of carbonyl (C=O) groups is 2. The van der Waals surface area contributed by atoms with Gasteiger partial charge in [0.1, 0.15) is 11.5 Å². The number of benzene rings is 1. The van der Waals surface area contributed by atoms with Crippen LogP contribution in [-0.4, -0.2) is 39.5 Å². The van der Waals surface area contributed by atoms with Gasteiger partial charge >= 0.3 is 0 Å². The van der Waals surface area contributed by atoms with Crippen LogP contribution in [-0.2, 0) is 14.3 Å². The van der Waals surface area contributed by atoms with Gasteiger partial charge in [0.05, 0.1) is 6.61 Å². The summed E-state index contributed by atoms with van der Waals surface area (Å²) in [7, 11) is 0. The summed E-state index contributed by atoms with van der Waals surface area (Å²) in [6.07, 6.45) is 2.34. The second kappa shape index (κ2) is 13.0. The Morgan fingerprint density at radius 2 is 1.92 bits per heavy atom. The highest BCUT2D eigenvalue weighted by atomic mass is 127. The van der Waals surface area contributed by atoms with Crippen LogP contribution >= 0.6 is 46.6 Å². The minimum absolute atomic E-state index is 0.0682. The number of hydrogen-bond acceptors (Lipinski definition) is 7. The van der Waals surface area contributed by atoms with Crippen LogP contribution in [0.1, 0.15) is 39.5 Å². The van der Waals surface area contributed by atoms with E-state index in [0.717, 1.165) is 33.1 Å². The Hall–Kier alpha value is -1.93. The second-order valence-electron chi connectivity index (χ2n) is 8.19. The number of ether oxygens (including phenoxy) is 1. The van der Waals surface area contributed by atoms with Gasteiger partial charge in [-0.15, -0.1) is 0 Å². The van der Waals surface area contributed by atoms with Crippen LogP contribution in [0.2, 0.25) is 0 Å². The van der Waals surface area contributed by atoms with E-state index in [1.807, 2.05) is 0 Å². The van der Waals surface area contributed by atoms with Crippen molar-refractivity contribution in [1.82, 2.24) is 4.98 Å². The zero-order chi connectivity index (χ0) is 26.4. The van der Waals surface area contributed by atoms with E-state index < -0.39 is 40.2 Å². The molecular formula is C24H25F3IN3O3S2. The Bertz CT molecular complexity index is 1130. The molecule has 1 fully saturated rings. The maximum Gasteiger partial charge on any atom is 0.253 e. The fourth-order valence-corrected chi connectivity index (χ4v) is 5.23. The average molecular weight is 652 g/mol. The van der Waals surface area contributed by atoms with Gasteiger partial charge in [-0.1, -0.05) is 11.8 Å². The molecule has 1 N–H and O–H groups in total. The van der Waals surface area contributed by atoms with Crippen molar-refractivity contribution in [3.63, 3.8) is 0 Å². The van der Waals surface area contributed by atoms with Crippen LogP contribution in [0.15, 0.2) is 24.3 Å². The molecule has 194 valence electrons. The molecule has 1 aromatic carbocycles. The molecule has 1 heterocycles. The average Bonchev–Trinajstić information content (AvgIpc) is 3.67. The van der Waals surface area contributed by atoms with Crippen LogP contribution in [0.4, 0.5) is 30.4 Å². The molecule has 1 unspecified atom stereocenters. The predicted octanol–water partition coefficient (Wildman–Crippen LogP) is 6.38. The molecule has 0 saturated heterocycles. The normalized spacial score (nSPS) is 13.7. The number of halogens is 4. The first-order valence-corrected chi connectivity index (χ1v) is 13.7. The van der Waals surface area contributed by atoms with Gasteiger partial charge in [-0.2, -0.15) is 13.8 Å². The van der Waals surface area contributed by atoms with Crippen LogP contribution in [0.25, 0.3) is 0 Å². The Morgan fingerprint density at radius 1 is 1.25 bits per heavy atom. The summed E-state index contributed by atoms with van der Waals surface area (Å²) in [4.78, 5) is 29.2. The van der Waals surface area contributed by atoms with E-state index in [9.17, 15) is 18.4 Å². The molecule has 0 aliphatic heterocycles. The number of Topliss-reactive ketones (excluding diaryl/α,β-unsaturated/α-hetero) is 1. The summed E-state index contributed by atoms with van der Waals surface area (Å²) in [5.74, 6) is -5.37. The molecule has 1 aliphatic carbocycles. The first kappa shape index (κ1) is 28.6. The van der Waals surface area contributed by atoms with Gasteiger partial charge in [0, 0.05) is 40.3 Å². The fourth-order valence-electron chi connectivity index (χ4n) is 3.42. The smallest absolute Gasteiger partial charge is 0.253 e. The van der Waals surface area contributed by atoms with Gasteiger partial charge in [-0.3, -0.25) is 14.5 Å². The number of thioether (sulfide) groups is 1. The molecule has 1 amide bonds. The van der Waals surface area contributed by atoms with Crippen LogP contribution in [0, 0.1) is 27.1 Å². The Morgan fingerprint density at radius 3 is 2.50 bits per heavy atom. The Kier molecular flexibility index (Phi) is 10.4. The molecule has 6 nitrogen and oxygen atoms in total. The molecule has 3 rings (SSSR count). The molecular weight excluding hydrogens is 626 g/mol. The van der Waals surface area contributed by atoms with Crippen molar-refractivity contribution < 1.29 is 27.5 Å². The van der Waals surface area contributed by atoms with Crippen molar-refractivity contribution in [2.24, 2.45) is 5.92 Å². The van der Waals surface area contributed by atoms with Crippen molar-refractivity contribution in [1.29, 1.82) is 0 Å². The molecule has 1 saturated carbocycles. The molecule has 36 heavy (non-hydrogen) atoms. The number of anilines is 3. The van der Waals surface area contributed by atoms with E-state index in [1.165, 1.54) is 6.92 Å². The maximum atomic E-state index is 15.5. The lowest BCUT2D eigenvalue weighted by molar-refractivity contribution is -0.120. The first-order chi connectivity index (χ1) is 17.1. The van der Waals surface area contributed by atoms with Crippen molar-refractivity contribution in [3.8, 4) is 0 Å². The summed E-state index contributed by atoms with van der Waals surface area (Å²) in [5.41, 5.74) is -0.434. The van der Waals surface area contributed by atoms with Crippen molar-refractivity contribution >= 4 is 79.8 Å². The molecule has 0 spiro atoms.